The van der Waals surface area contributed by atoms with Gasteiger partial charge in [-0.3, -0.25) is 14.4 Å². The molecule has 0 aromatic carbocycles. The van der Waals surface area contributed by atoms with Crippen molar-refractivity contribution in [3.63, 3.8) is 0 Å². The van der Waals surface area contributed by atoms with Crippen LogP contribution >= 0.6 is 11.3 Å². The van der Waals surface area contributed by atoms with Crippen molar-refractivity contribution < 1.29 is 0 Å². The number of aryl methyl sites for hydroxylation is 3. The van der Waals surface area contributed by atoms with Gasteiger partial charge in [-0.25, -0.2) is 15.0 Å². The number of hydrogen-bond acceptors (Lipinski definition) is 8. The highest BCUT2D eigenvalue weighted by Crippen LogP contribution is 2.28. The van der Waals surface area contributed by atoms with Crippen molar-refractivity contribution in [3.8, 4) is 0 Å². The summed E-state index contributed by atoms with van der Waals surface area (Å²) in [6.07, 6.45) is 3.43. The van der Waals surface area contributed by atoms with Crippen LogP contribution in [0.2, 0.25) is 0 Å². The number of anilines is 1. The van der Waals surface area contributed by atoms with Gasteiger partial charge in [-0.05, 0) is 26.3 Å². The first kappa shape index (κ1) is 19.1. The van der Waals surface area contributed by atoms with Crippen LogP contribution in [0.15, 0.2) is 17.3 Å². The van der Waals surface area contributed by atoms with Gasteiger partial charge in [0.15, 0.2) is 5.65 Å². The lowest BCUT2D eigenvalue weighted by molar-refractivity contribution is 0.191. The summed E-state index contributed by atoms with van der Waals surface area (Å²) >= 11 is 1.59. The van der Waals surface area contributed by atoms with E-state index in [-0.39, 0.29) is 11.6 Å². The number of aromatic nitrogens is 6. The minimum Gasteiger partial charge on any atom is -0.353 e. The van der Waals surface area contributed by atoms with Gasteiger partial charge in [0.1, 0.15) is 22.8 Å². The number of nitrogens with one attached hydrogen (secondary N) is 1. The number of H-pyrrole nitrogens is 1. The van der Waals surface area contributed by atoms with Crippen LogP contribution in [-0.2, 0) is 7.05 Å². The largest absolute Gasteiger partial charge is 0.353 e. The molecule has 1 unspecified atom stereocenters. The van der Waals surface area contributed by atoms with Crippen LogP contribution in [0.3, 0.4) is 0 Å². The van der Waals surface area contributed by atoms with Crippen molar-refractivity contribution in [2.24, 2.45) is 7.05 Å². The number of thiophene rings is 1. The molecule has 9 nitrogen and oxygen atoms in total. The summed E-state index contributed by atoms with van der Waals surface area (Å²) in [7, 11) is 1.89. The minimum atomic E-state index is -0.0395. The van der Waals surface area contributed by atoms with Gasteiger partial charge in [-0.15, -0.1) is 11.3 Å². The van der Waals surface area contributed by atoms with Gasteiger partial charge in [-0.1, -0.05) is 0 Å². The molecule has 0 bridgehead atoms. The Morgan fingerprint density at radius 2 is 1.93 bits per heavy atom. The van der Waals surface area contributed by atoms with Crippen molar-refractivity contribution in [1.29, 1.82) is 0 Å². The van der Waals surface area contributed by atoms with Crippen LogP contribution in [0.5, 0.6) is 0 Å². The fraction of sp³-hybridized carbons (Fsp3) is 0.450. The maximum absolute atomic E-state index is 12.6. The van der Waals surface area contributed by atoms with E-state index >= 15 is 0 Å². The Labute approximate surface area is 177 Å². The second-order valence-electron chi connectivity index (χ2n) is 7.82. The quantitative estimate of drug-likeness (QED) is 0.538. The molecule has 1 fully saturated rings. The predicted octanol–water partition coefficient (Wildman–Crippen LogP) is 2.16. The van der Waals surface area contributed by atoms with Gasteiger partial charge in [0, 0.05) is 38.1 Å². The third kappa shape index (κ3) is 2.98. The van der Waals surface area contributed by atoms with E-state index in [1.807, 2.05) is 27.1 Å². The molecular weight excluding hydrogens is 400 g/mol. The fourth-order valence-electron chi connectivity index (χ4n) is 4.16. The van der Waals surface area contributed by atoms with Gasteiger partial charge in [-0.2, -0.15) is 5.10 Å². The Bertz CT molecular complexity index is 1300. The summed E-state index contributed by atoms with van der Waals surface area (Å²) in [5.41, 5.74) is 1.83. The van der Waals surface area contributed by atoms with E-state index in [9.17, 15) is 4.79 Å². The highest BCUT2D eigenvalue weighted by molar-refractivity contribution is 7.18. The molecule has 0 amide bonds. The second-order valence-corrected chi connectivity index (χ2v) is 9.02. The lowest BCUT2D eigenvalue weighted by atomic mass is 10.2. The van der Waals surface area contributed by atoms with E-state index in [0.29, 0.717) is 0 Å². The first-order valence-corrected chi connectivity index (χ1v) is 10.9. The summed E-state index contributed by atoms with van der Waals surface area (Å²) < 4.78 is 1.77. The van der Waals surface area contributed by atoms with Gasteiger partial charge >= 0.3 is 0 Å². The number of fused-ring (bicyclic) bond motifs is 2. The van der Waals surface area contributed by atoms with Crippen LogP contribution < -0.4 is 10.5 Å². The third-order valence-corrected chi connectivity index (χ3v) is 7.22. The maximum atomic E-state index is 12.6. The Morgan fingerprint density at radius 3 is 2.70 bits per heavy atom. The number of nitrogens with zero attached hydrogens (tertiary/aromatic N) is 7. The number of aromatic amines is 1. The van der Waals surface area contributed by atoms with Crippen LogP contribution in [0.4, 0.5) is 5.82 Å². The normalized spacial score (nSPS) is 16.6. The van der Waals surface area contributed by atoms with Crippen LogP contribution in [0.1, 0.15) is 29.2 Å². The molecule has 0 saturated carbocycles. The molecule has 1 aliphatic rings. The Morgan fingerprint density at radius 1 is 1.17 bits per heavy atom. The van der Waals surface area contributed by atoms with Crippen LogP contribution in [0, 0.1) is 13.8 Å². The second kappa shape index (κ2) is 7.13. The van der Waals surface area contributed by atoms with Crippen LogP contribution in [0.25, 0.3) is 21.3 Å². The molecule has 1 aliphatic heterocycles. The number of piperazine rings is 1. The van der Waals surface area contributed by atoms with E-state index in [1.165, 1.54) is 0 Å². The summed E-state index contributed by atoms with van der Waals surface area (Å²) in [6.45, 7) is 9.53. The maximum Gasteiger partial charge on any atom is 0.259 e. The molecule has 5 rings (SSSR count). The van der Waals surface area contributed by atoms with Gasteiger partial charge < -0.3 is 9.88 Å². The van der Waals surface area contributed by atoms with Crippen molar-refractivity contribution in [1.82, 2.24) is 34.6 Å². The van der Waals surface area contributed by atoms with Gasteiger partial charge in [0.25, 0.3) is 5.56 Å². The lowest BCUT2D eigenvalue weighted by Crippen LogP contribution is -2.48. The summed E-state index contributed by atoms with van der Waals surface area (Å²) in [4.78, 5) is 35.9. The smallest absolute Gasteiger partial charge is 0.259 e. The molecule has 0 spiro atoms. The van der Waals surface area contributed by atoms with E-state index in [1.54, 1.807) is 22.3 Å². The predicted molar refractivity (Wildman–Crippen MR) is 118 cm³/mol. The molecule has 4 aromatic heterocycles. The number of hydrogen-bond donors (Lipinski definition) is 1. The average Bonchev–Trinajstić information content (AvgIpc) is 3.27. The minimum absolute atomic E-state index is 0.0378. The first-order valence-electron chi connectivity index (χ1n) is 10.1. The molecule has 30 heavy (non-hydrogen) atoms. The molecule has 4 aromatic rings. The fourth-order valence-corrected chi connectivity index (χ4v) is 5.20. The van der Waals surface area contributed by atoms with E-state index in [4.69, 9.17) is 4.98 Å². The van der Waals surface area contributed by atoms with Crippen molar-refractivity contribution in [3.05, 3.63) is 39.1 Å². The molecule has 10 heteroatoms. The zero-order chi connectivity index (χ0) is 21.0. The summed E-state index contributed by atoms with van der Waals surface area (Å²) in [5, 5.41) is 6.01. The zero-order valence-corrected chi connectivity index (χ0v) is 18.3. The standard InChI is InChI=1S/C20H24N8OS/c1-11-13(3)30-20-15(11)19(29)24-16(25-20)12(2)27-5-7-28(8-6-27)18-14-9-23-26(4)17(14)21-10-22-18/h9-10,12H,5-8H2,1-4H3,(H,24,25,29). The van der Waals surface area contributed by atoms with E-state index in [0.717, 1.165) is 69.5 Å². The Balaban J connectivity index is 1.36. The molecule has 1 atom stereocenters. The van der Waals surface area contributed by atoms with Crippen molar-refractivity contribution in [2.75, 3.05) is 31.1 Å². The molecule has 5 heterocycles. The SMILES string of the molecule is Cc1sc2nc(C(C)N3CCN(c4ncnc5c4cnn5C)CC3)[nH]c(=O)c2c1C. The van der Waals surface area contributed by atoms with Gasteiger partial charge in [0.05, 0.1) is 23.0 Å². The lowest BCUT2D eigenvalue weighted by Gasteiger charge is -2.38. The highest BCUT2D eigenvalue weighted by atomic mass is 32.1. The van der Waals surface area contributed by atoms with E-state index in [2.05, 4.69) is 36.8 Å². The molecule has 1 N–H and O–H groups in total. The van der Waals surface area contributed by atoms with E-state index < -0.39 is 0 Å². The monoisotopic (exact) mass is 424 g/mol. The average molecular weight is 425 g/mol. The first-order chi connectivity index (χ1) is 14.4. The zero-order valence-electron chi connectivity index (χ0n) is 17.5. The summed E-state index contributed by atoms with van der Waals surface area (Å²) in [5.74, 6) is 1.66. The van der Waals surface area contributed by atoms with Gasteiger partial charge in [0.2, 0.25) is 0 Å². The van der Waals surface area contributed by atoms with Crippen molar-refractivity contribution in [2.45, 2.75) is 26.8 Å². The molecule has 0 aliphatic carbocycles. The Kier molecular flexibility index (Phi) is 4.55. The highest BCUT2D eigenvalue weighted by Gasteiger charge is 2.26. The Hall–Kier alpha value is -2.85. The van der Waals surface area contributed by atoms with Crippen LogP contribution in [-0.4, -0.2) is 60.8 Å². The van der Waals surface area contributed by atoms with Crippen molar-refractivity contribution >= 4 is 38.4 Å². The topological polar surface area (TPSA) is 95.8 Å². The molecule has 156 valence electrons. The molecule has 0 radical (unpaired) electrons. The molecular formula is C20H24N8OS. The third-order valence-electron chi connectivity index (χ3n) is 6.12. The summed E-state index contributed by atoms with van der Waals surface area (Å²) in [6, 6.07) is 0.0378. The number of rotatable bonds is 3. The molecule has 1 saturated heterocycles.